The van der Waals surface area contributed by atoms with E-state index in [9.17, 15) is 4.79 Å². The number of hydrogen-bond donors (Lipinski definition) is 1. The molecule has 1 amide bonds. The van der Waals surface area contributed by atoms with Gasteiger partial charge in [0.15, 0.2) is 0 Å². The summed E-state index contributed by atoms with van der Waals surface area (Å²) >= 11 is 0. The van der Waals surface area contributed by atoms with Crippen LogP contribution in [0.5, 0.6) is 5.75 Å². The zero-order valence-electron chi connectivity index (χ0n) is 11.1. The van der Waals surface area contributed by atoms with Crippen LogP contribution < -0.4 is 10.1 Å². The van der Waals surface area contributed by atoms with Gasteiger partial charge in [0.05, 0.1) is 25.8 Å². The second kappa shape index (κ2) is 6.09. The molecule has 2 aromatic rings. The molecule has 100 valence electrons. The van der Waals surface area contributed by atoms with Crippen LogP contribution in [0.2, 0.25) is 0 Å². The highest BCUT2D eigenvalue weighted by atomic mass is 16.5. The molecule has 0 saturated heterocycles. The number of ether oxygens (including phenoxy) is 1. The van der Waals surface area contributed by atoms with Crippen molar-refractivity contribution in [3.8, 4) is 5.75 Å². The van der Waals surface area contributed by atoms with E-state index in [2.05, 4.69) is 5.32 Å². The molecule has 0 fully saturated rings. The Labute approximate surface area is 112 Å². The molecule has 0 bridgehead atoms. The van der Waals surface area contributed by atoms with Crippen molar-refractivity contribution in [2.24, 2.45) is 0 Å². The molecule has 0 spiro atoms. The van der Waals surface area contributed by atoms with Gasteiger partial charge in [0, 0.05) is 0 Å². The minimum Gasteiger partial charge on any atom is -0.497 e. The van der Waals surface area contributed by atoms with E-state index in [0.717, 1.165) is 17.1 Å². The topological polar surface area (TPSA) is 51.5 Å². The average Bonchev–Trinajstić information content (AvgIpc) is 2.93. The predicted octanol–water partition coefficient (Wildman–Crippen LogP) is 2.71. The summed E-state index contributed by atoms with van der Waals surface area (Å²) in [4.78, 5) is 11.9. The fraction of sp³-hybridized carbons (Fsp3) is 0.267. The smallest absolute Gasteiger partial charge is 0.224 e. The zero-order valence-corrected chi connectivity index (χ0v) is 11.1. The maximum Gasteiger partial charge on any atom is 0.224 e. The summed E-state index contributed by atoms with van der Waals surface area (Å²) in [7, 11) is 1.62. The Morgan fingerprint density at radius 3 is 2.63 bits per heavy atom. The van der Waals surface area contributed by atoms with Crippen molar-refractivity contribution in [3.63, 3.8) is 0 Å². The minimum absolute atomic E-state index is 0.0333. The average molecular weight is 259 g/mol. The maximum atomic E-state index is 11.9. The number of nitrogens with one attached hydrogen (secondary N) is 1. The molecule has 0 saturated carbocycles. The van der Waals surface area contributed by atoms with Gasteiger partial charge in [-0.05, 0) is 36.8 Å². The first-order chi connectivity index (χ1) is 9.19. The number of hydrogen-bond acceptors (Lipinski definition) is 3. The highest BCUT2D eigenvalue weighted by Gasteiger charge is 2.12. The van der Waals surface area contributed by atoms with E-state index in [0.29, 0.717) is 6.42 Å². The van der Waals surface area contributed by atoms with Gasteiger partial charge in [-0.15, -0.1) is 0 Å². The fourth-order valence-corrected chi connectivity index (χ4v) is 1.83. The highest BCUT2D eigenvalue weighted by Crippen LogP contribution is 2.14. The monoisotopic (exact) mass is 259 g/mol. The number of benzene rings is 1. The summed E-state index contributed by atoms with van der Waals surface area (Å²) in [5, 5.41) is 2.90. The van der Waals surface area contributed by atoms with E-state index in [1.165, 1.54) is 0 Å². The van der Waals surface area contributed by atoms with Crippen LogP contribution in [0, 0.1) is 0 Å². The molecular weight excluding hydrogens is 242 g/mol. The summed E-state index contributed by atoms with van der Waals surface area (Å²) in [6.07, 6.45) is 1.94. The molecule has 4 nitrogen and oxygen atoms in total. The first kappa shape index (κ1) is 13.2. The molecular formula is C15H17NO3. The third-order valence-electron chi connectivity index (χ3n) is 2.87. The van der Waals surface area contributed by atoms with Gasteiger partial charge >= 0.3 is 0 Å². The molecule has 19 heavy (non-hydrogen) atoms. The third-order valence-corrected chi connectivity index (χ3v) is 2.87. The van der Waals surface area contributed by atoms with Crippen LogP contribution in [0.3, 0.4) is 0 Å². The van der Waals surface area contributed by atoms with Crippen molar-refractivity contribution >= 4 is 5.91 Å². The Morgan fingerprint density at radius 2 is 2.05 bits per heavy atom. The Balaban J connectivity index is 1.90. The van der Waals surface area contributed by atoms with Crippen LogP contribution in [0.15, 0.2) is 47.1 Å². The van der Waals surface area contributed by atoms with Gasteiger partial charge < -0.3 is 14.5 Å². The van der Waals surface area contributed by atoms with Crippen LogP contribution in [0.25, 0.3) is 0 Å². The van der Waals surface area contributed by atoms with Crippen molar-refractivity contribution in [2.45, 2.75) is 19.4 Å². The SMILES string of the molecule is COc1ccc(CC(=O)N[C@H](C)c2ccco2)cc1. The fourth-order valence-electron chi connectivity index (χ4n) is 1.83. The van der Waals surface area contributed by atoms with Crippen LogP contribution in [0.4, 0.5) is 0 Å². The Morgan fingerprint density at radius 1 is 1.32 bits per heavy atom. The lowest BCUT2D eigenvalue weighted by molar-refractivity contribution is -0.121. The number of carbonyl (C=O) groups is 1. The normalized spacial score (nSPS) is 11.9. The molecule has 0 aliphatic rings. The molecule has 1 aromatic carbocycles. The second-order valence-corrected chi connectivity index (χ2v) is 4.33. The lowest BCUT2D eigenvalue weighted by Gasteiger charge is -2.11. The lowest BCUT2D eigenvalue weighted by Crippen LogP contribution is -2.27. The van der Waals surface area contributed by atoms with Crippen molar-refractivity contribution in [3.05, 3.63) is 54.0 Å². The minimum atomic E-state index is -0.124. The summed E-state index contributed by atoms with van der Waals surface area (Å²) in [6, 6.07) is 11.0. The van der Waals surface area contributed by atoms with E-state index in [-0.39, 0.29) is 11.9 Å². The summed E-state index contributed by atoms with van der Waals surface area (Å²) in [5.41, 5.74) is 0.949. The van der Waals surface area contributed by atoms with E-state index in [1.54, 1.807) is 13.4 Å². The number of carbonyl (C=O) groups excluding carboxylic acids is 1. The third kappa shape index (κ3) is 3.61. The van der Waals surface area contributed by atoms with Crippen molar-refractivity contribution in [1.82, 2.24) is 5.32 Å². The van der Waals surface area contributed by atoms with Gasteiger partial charge in [-0.3, -0.25) is 4.79 Å². The Bertz CT molecular complexity index is 517. The summed E-state index contributed by atoms with van der Waals surface area (Å²) in [6.45, 7) is 1.89. The number of furan rings is 1. The molecule has 0 radical (unpaired) electrons. The first-order valence-corrected chi connectivity index (χ1v) is 6.14. The molecule has 1 atom stereocenters. The van der Waals surface area contributed by atoms with Crippen molar-refractivity contribution in [1.29, 1.82) is 0 Å². The van der Waals surface area contributed by atoms with Gasteiger partial charge in [-0.2, -0.15) is 0 Å². The van der Waals surface area contributed by atoms with Crippen LogP contribution in [0.1, 0.15) is 24.3 Å². The van der Waals surface area contributed by atoms with Crippen molar-refractivity contribution < 1.29 is 13.9 Å². The van der Waals surface area contributed by atoms with E-state index >= 15 is 0 Å². The quantitative estimate of drug-likeness (QED) is 0.898. The van der Waals surface area contributed by atoms with Crippen molar-refractivity contribution in [2.75, 3.05) is 7.11 Å². The molecule has 1 aromatic heterocycles. The zero-order chi connectivity index (χ0) is 13.7. The summed E-state index contributed by atoms with van der Waals surface area (Å²) in [5.74, 6) is 1.50. The van der Waals surface area contributed by atoms with Crippen LogP contribution in [-0.2, 0) is 11.2 Å². The molecule has 0 aliphatic heterocycles. The van der Waals surface area contributed by atoms with Crippen LogP contribution in [-0.4, -0.2) is 13.0 Å². The first-order valence-electron chi connectivity index (χ1n) is 6.14. The molecule has 2 rings (SSSR count). The van der Waals surface area contributed by atoms with E-state index < -0.39 is 0 Å². The molecule has 1 heterocycles. The van der Waals surface area contributed by atoms with Gasteiger partial charge in [0.2, 0.25) is 5.91 Å². The maximum absolute atomic E-state index is 11.9. The van der Waals surface area contributed by atoms with Gasteiger partial charge in [0.25, 0.3) is 0 Å². The molecule has 4 heteroatoms. The largest absolute Gasteiger partial charge is 0.497 e. The number of rotatable bonds is 5. The predicted molar refractivity (Wildman–Crippen MR) is 72.0 cm³/mol. The van der Waals surface area contributed by atoms with E-state index in [1.807, 2.05) is 43.3 Å². The lowest BCUT2D eigenvalue weighted by atomic mass is 10.1. The van der Waals surface area contributed by atoms with E-state index in [4.69, 9.17) is 9.15 Å². The molecule has 0 unspecified atom stereocenters. The number of methoxy groups -OCH3 is 1. The van der Waals surface area contributed by atoms with Crippen LogP contribution >= 0.6 is 0 Å². The van der Waals surface area contributed by atoms with Gasteiger partial charge in [0.1, 0.15) is 11.5 Å². The summed E-state index contributed by atoms with van der Waals surface area (Å²) < 4.78 is 10.3. The number of amides is 1. The Kier molecular flexibility index (Phi) is 4.23. The molecule has 0 aliphatic carbocycles. The highest BCUT2D eigenvalue weighted by molar-refractivity contribution is 5.78. The molecule has 1 N–H and O–H groups in total. The Hall–Kier alpha value is -2.23. The standard InChI is InChI=1S/C15H17NO3/c1-11(14-4-3-9-19-14)16-15(17)10-12-5-7-13(18-2)8-6-12/h3-9,11H,10H2,1-2H3,(H,16,17)/t11-/m1/s1. The van der Waals surface area contributed by atoms with Gasteiger partial charge in [-0.1, -0.05) is 12.1 Å². The van der Waals surface area contributed by atoms with Gasteiger partial charge in [-0.25, -0.2) is 0 Å². The second-order valence-electron chi connectivity index (χ2n) is 4.33.